The third-order valence-electron chi connectivity index (χ3n) is 1.45. The summed E-state index contributed by atoms with van der Waals surface area (Å²) in [4.78, 5) is 21.5. The van der Waals surface area contributed by atoms with E-state index in [9.17, 15) is 9.59 Å². The quantitative estimate of drug-likeness (QED) is 0.497. The Morgan fingerprint density at radius 3 is 2.54 bits per heavy atom. The summed E-state index contributed by atoms with van der Waals surface area (Å²) in [6.45, 7) is 4.69. The lowest BCUT2D eigenvalue weighted by atomic mass is 10.2. The maximum atomic E-state index is 11.1. The van der Waals surface area contributed by atoms with Crippen LogP contribution in [0.5, 0.6) is 0 Å². The standard InChI is InChI=1S/C8H17N3O2/c1-3-10-5-8(13)11-6(2)4-7(9)12/h6,10H,3-5H2,1-2H3,(H2,9,12)(H,11,13). The molecule has 0 aromatic heterocycles. The van der Waals surface area contributed by atoms with E-state index in [1.54, 1.807) is 6.92 Å². The molecule has 76 valence electrons. The summed E-state index contributed by atoms with van der Waals surface area (Å²) in [7, 11) is 0. The number of hydrogen-bond acceptors (Lipinski definition) is 3. The van der Waals surface area contributed by atoms with Crippen LogP contribution in [0.15, 0.2) is 0 Å². The van der Waals surface area contributed by atoms with Gasteiger partial charge in [-0.3, -0.25) is 9.59 Å². The highest BCUT2D eigenvalue weighted by molar-refractivity contribution is 5.80. The van der Waals surface area contributed by atoms with Gasteiger partial charge in [0.25, 0.3) is 0 Å². The van der Waals surface area contributed by atoms with E-state index in [1.165, 1.54) is 0 Å². The van der Waals surface area contributed by atoms with E-state index >= 15 is 0 Å². The molecule has 5 heteroatoms. The molecule has 0 saturated carbocycles. The molecule has 2 amide bonds. The molecule has 0 bridgehead atoms. The molecule has 0 radical (unpaired) electrons. The highest BCUT2D eigenvalue weighted by atomic mass is 16.2. The van der Waals surface area contributed by atoms with E-state index in [-0.39, 0.29) is 24.9 Å². The molecule has 4 N–H and O–H groups in total. The molecule has 0 aliphatic carbocycles. The predicted octanol–water partition coefficient (Wildman–Crippen LogP) is -1.02. The molecule has 0 fully saturated rings. The van der Waals surface area contributed by atoms with E-state index in [2.05, 4.69) is 10.6 Å². The first kappa shape index (κ1) is 11.9. The molecule has 1 atom stereocenters. The molecule has 0 heterocycles. The van der Waals surface area contributed by atoms with Gasteiger partial charge in [-0.2, -0.15) is 0 Å². The van der Waals surface area contributed by atoms with Crippen molar-refractivity contribution in [3.8, 4) is 0 Å². The van der Waals surface area contributed by atoms with Crippen molar-refractivity contribution in [2.45, 2.75) is 26.3 Å². The molecule has 0 rings (SSSR count). The number of nitrogens with two attached hydrogens (primary N) is 1. The maximum absolute atomic E-state index is 11.1. The third-order valence-corrected chi connectivity index (χ3v) is 1.45. The highest BCUT2D eigenvalue weighted by Crippen LogP contribution is 1.87. The largest absolute Gasteiger partial charge is 0.370 e. The summed E-state index contributed by atoms with van der Waals surface area (Å²) in [6, 6.07) is -0.191. The molecule has 0 aliphatic rings. The van der Waals surface area contributed by atoms with Crippen LogP contribution in [0.3, 0.4) is 0 Å². The van der Waals surface area contributed by atoms with Gasteiger partial charge >= 0.3 is 0 Å². The molecular formula is C8H17N3O2. The van der Waals surface area contributed by atoms with Crippen molar-refractivity contribution in [3.63, 3.8) is 0 Å². The number of rotatable bonds is 6. The zero-order valence-electron chi connectivity index (χ0n) is 8.09. The lowest BCUT2D eigenvalue weighted by Gasteiger charge is -2.11. The van der Waals surface area contributed by atoms with Gasteiger partial charge < -0.3 is 16.4 Å². The van der Waals surface area contributed by atoms with Crippen molar-refractivity contribution >= 4 is 11.8 Å². The predicted molar refractivity (Wildman–Crippen MR) is 50.0 cm³/mol. The summed E-state index contributed by atoms with van der Waals surface area (Å²) in [5.41, 5.74) is 4.96. The average molecular weight is 187 g/mol. The van der Waals surface area contributed by atoms with E-state index < -0.39 is 5.91 Å². The van der Waals surface area contributed by atoms with Gasteiger partial charge in [-0.25, -0.2) is 0 Å². The average Bonchev–Trinajstić information content (AvgIpc) is 1.98. The van der Waals surface area contributed by atoms with Crippen LogP contribution in [-0.4, -0.2) is 30.9 Å². The molecular weight excluding hydrogens is 170 g/mol. The molecule has 0 aromatic carbocycles. The minimum absolute atomic E-state index is 0.115. The number of primary amides is 1. The molecule has 0 spiro atoms. The van der Waals surface area contributed by atoms with Crippen molar-refractivity contribution in [2.75, 3.05) is 13.1 Å². The fourth-order valence-corrected chi connectivity index (χ4v) is 0.917. The summed E-state index contributed by atoms with van der Waals surface area (Å²) in [5.74, 6) is -0.521. The lowest BCUT2D eigenvalue weighted by Crippen LogP contribution is -2.40. The Labute approximate surface area is 78.1 Å². The van der Waals surface area contributed by atoms with Crippen LogP contribution in [0.25, 0.3) is 0 Å². The van der Waals surface area contributed by atoms with Gasteiger partial charge in [0, 0.05) is 12.5 Å². The molecule has 0 aromatic rings. The maximum Gasteiger partial charge on any atom is 0.234 e. The van der Waals surface area contributed by atoms with Gasteiger partial charge in [0.2, 0.25) is 11.8 Å². The van der Waals surface area contributed by atoms with Crippen LogP contribution in [-0.2, 0) is 9.59 Å². The van der Waals surface area contributed by atoms with Gasteiger partial charge in [0.05, 0.1) is 6.54 Å². The molecule has 0 aliphatic heterocycles. The van der Waals surface area contributed by atoms with Gasteiger partial charge in [0.1, 0.15) is 0 Å². The number of carbonyl (C=O) groups is 2. The van der Waals surface area contributed by atoms with Gasteiger partial charge in [-0.05, 0) is 13.5 Å². The topological polar surface area (TPSA) is 84.2 Å². The van der Waals surface area contributed by atoms with Gasteiger partial charge in [0.15, 0.2) is 0 Å². The second kappa shape index (κ2) is 6.42. The van der Waals surface area contributed by atoms with Crippen molar-refractivity contribution < 1.29 is 9.59 Å². The molecule has 0 saturated heterocycles. The molecule has 13 heavy (non-hydrogen) atoms. The van der Waals surface area contributed by atoms with Crippen LogP contribution in [0.4, 0.5) is 0 Å². The van der Waals surface area contributed by atoms with Crippen molar-refractivity contribution in [1.82, 2.24) is 10.6 Å². The van der Waals surface area contributed by atoms with Crippen molar-refractivity contribution in [1.29, 1.82) is 0 Å². The Morgan fingerprint density at radius 1 is 1.46 bits per heavy atom. The molecule has 1 unspecified atom stereocenters. The monoisotopic (exact) mass is 187 g/mol. The number of nitrogens with one attached hydrogen (secondary N) is 2. The summed E-state index contributed by atoms with van der Waals surface area (Å²) in [6.07, 6.45) is 0.178. The highest BCUT2D eigenvalue weighted by Gasteiger charge is 2.08. The minimum atomic E-state index is -0.406. The number of likely N-dealkylation sites (N-methyl/N-ethyl adjacent to an activating group) is 1. The van der Waals surface area contributed by atoms with E-state index in [1.807, 2.05) is 6.92 Å². The van der Waals surface area contributed by atoms with Crippen LogP contribution < -0.4 is 16.4 Å². The zero-order chi connectivity index (χ0) is 10.3. The van der Waals surface area contributed by atoms with Crippen molar-refractivity contribution in [3.05, 3.63) is 0 Å². The first-order valence-electron chi connectivity index (χ1n) is 4.34. The molecule has 5 nitrogen and oxygen atoms in total. The third kappa shape index (κ3) is 7.27. The van der Waals surface area contributed by atoms with Crippen LogP contribution in [0.2, 0.25) is 0 Å². The van der Waals surface area contributed by atoms with E-state index in [4.69, 9.17) is 5.73 Å². The van der Waals surface area contributed by atoms with Crippen LogP contribution in [0.1, 0.15) is 20.3 Å². The lowest BCUT2D eigenvalue weighted by molar-refractivity contribution is -0.121. The summed E-state index contributed by atoms with van der Waals surface area (Å²) >= 11 is 0. The van der Waals surface area contributed by atoms with E-state index in [0.29, 0.717) is 0 Å². The van der Waals surface area contributed by atoms with E-state index in [0.717, 1.165) is 6.54 Å². The Balaban J connectivity index is 3.59. The second-order valence-electron chi connectivity index (χ2n) is 2.92. The van der Waals surface area contributed by atoms with Crippen LogP contribution in [0, 0.1) is 0 Å². The van der Waals surface area contributed by atoms with Gasteiger partial charge in [-0.1, -0.05) is 6.92 Å². The second-order valence-corrected chi connectivity index (χ2v) is 2.92. The Kier molecular flexibility index (Phi) is 5.88. The Hall–Kier alpha value is -1.10. The normalized spacial score (nSPS) is 12.2. The van der Waals surface area contributed by atoms with Crippen LogP contribution >= 0.6 is 0 Å². The fourth-order valence-electron chi connectivity index (χ4n) is 0.917. The summed E-state index contributed by atoms with van der Waals surface area (Å²) < 4.78 is 0. The Bertz CT molecular complexity index is 182. The summed E-state index contributed by atoms with van der Waals surface area (Å²) in [5, 5.41) is 5.52. The first-order valence-corrected chi connectivity index (χ1v) is 4.34. The first-order chi connectivity index (χ1) is 6.06. The number of carbonyl (C=O) groups excluding carboxylic acids is 2. The smallest absolute Gasteiger partial charge is 0.234 e. The van der Waals surface area contributed by atoms with Crippen molar-refractivity contribution in [2.24, 2.45) is 5.73 Å². The SMILES string of the molecule is CCNCC(=O)NC(C)CC(N)=O. The minimum Gasteiger partial charge on any atom is -0.370 e. The fraction of sp³-hybridized carbons (Fsp3) is 0.750. The van der Waals surface area contributed by atoms with Gasteiger partial charge in [-0.15, -0.1) is 0 Å². The Morgan fingerprint density at radius 2 is 2.08 bits per heavy atom. The zero-order valence-corrected chi connectivity index (χ0v) is 8.09. The number of hydrogen-bond donors (Lipinski definition) is 3. The number of amides is 2.